The first-order valence-electron chi connectivity index (χ1n) is 5.56. The van der Waals surface area contributed by atoms with Crippen molar-refractivity contribution in [2.24, 2.45) is 5.92 Å². The Labute approximate surface area is 95.7 Å². The minimum atomic E-state index is -2.88. The van der Waals surface area contributed by atoms with Gasteiger partial charge in [0.15, 0.2) is 9.84 Å². The smallest absolute Gasteiger partial charge is 0.323 e. The molecule has 0 N–H and O–H groups in total. The second-order valence-electron chi connectivity index (χ2n) is 4.49. The van der Waals surface area contributed by atoms with Crippen LogP contribution in [0.25, 0.3) is 0 Å². The lowest BCUT2D eigenvalue weighted by Gasteiger charge is -2.32. The van der Waals surface area contributed by atoms with E-state index in [4.69, 9.17) is 4.74 Å². The molecule has 0 spiro atoms. The lowest BCUT2D eigenvalue weighted by atomic mass is 10.1. The van der Waals surface area contributed by atoms with Crippen molar-refractivity contribution in [3.05, 3.63) is 0 Å². The largest absolute Gasteiger partial charge is 0.468 e. The fourth-order valence-electron chi connectivity index (χ4n) is 2.18. The number of esters is 1. The van der Waals surface area contributed by atoms with Gasteiger partial charge in [0.25, 0.3) is 0 Å². The standard InChI is InChI=1S/C10H17NO4S/c1-15-10(12)9(8-2-3-8)11-4-6-16(13,14)7-5-11/h8-9H,2-7H2,1H3. The molecule has 1 saturated carbocycles. The first-order valence-corrected chi connectivity index (χ1v) is 7.38. The number of hydrogen-bond acceptors (Lipinski definition) is 5. The Hall–Kier alpha value is -0.620. The molecular weight excluding hydrogens is 230 g/mol. The van der Waals surface area contributed by atoms with E-state index < -0.39 is 9.84 Å². The monoisotopic (exact) mass is 247 g/mol. The quantitative estimate of drug-likeness (QED) is 0.639. The van der Waals surface area contributed by atoms with Crippen LogP contribution in [0.5, 0.6) is 0 Å². The summed E-state index contributed by atoms with van der Waals surface area (Å²) < 4.78 is 27.4. The predicted molar refractivity (Wildman–Crippen MR) is 58.8 cm³/mol. The van der Waals surface area contributed by atoms with Crippen molar-refractivity contribution >= 4 is 15.8 Å². The SMILES string of the molecule is COC(=O)C(C1CC1)N1CCS(=O)(=O)CC1. The van der Waals surface area contributed by atoms with Gasteiger partial charge in [0.1, 0.15) is 6.04 Å². The highest BCUT2D eigenvalue weighted by Gasteiger charge is 2.42. The highest BCUT2D eigenvalue weighted by Crippen LogP contribution is 2.36. The van der Waals surface area contributed by atoms with Crippen molar-refractivity contribution in [3.63, 3.8) is 0 Å². The summed E-state index contributed by atoms with van der Waals surface area (Å²) in [5, 5.41) is 0. The van der Waals surface area contributed by atoms with Crippen molar-refractivity contribution in [1.29, 1.82) is 0 Å². The fraction of sp³-hybridized carbons (Fsp3) is 0.900. The molecule has 0 aromatic heterocycles. The second-order valence-corrected chi connectivity index (χ2v) is 6.80. The molecular formula is C10H17NO4S. The molecule has 1 aliphatic carbocycles. The maximum Gasteiger partial charge on any atom is 0.323 e. The zero-order valence-corrected chi connectivity index (χ0v) is 10.2. The molecule has 1 heterocycles. The normalized spacial score (nSPS) is 27.3. The van der Waals surface area contributed by atoms with Crippen molar-refractivity contribution < 1.29 is 17.9 Å². The van der Waals surface area contributed by atoms with E-state index >= 15 is 0 Å². The molecule has 1 saturated heterocycles. The zero-order chi connectivity index (χ0) is 11.8. The molecule has 2 fully saturated rings. The zero-order valence-electron chi connectivity index (χ0n) is 9.39. The van der Waals surface area contributed by atoms with Crippen molar-refractivity contribution in [2.45, 2.75) is 18.9 Å². The summed E-state index contributed by atoms with van der Waals surface area (Å²) in [7, 11) is -1.49. The van der Waals surface area contributed by atoms with Crippen LogP contribution in [-0.4, -0.2) is 57.0 Å². The van der Waals surface area contributed by atoms with Crippen LogP contribution < -0.4 is 0 Å². The van der Waals surface area contributed by atoms with E-state index in [-0.39, 0.29) is 23.5 Å². The van der Waals surface area contributed by atoms with Gasteiger partial charge in [-0.25, -0.2) is 8.42 Å². The number of nitrogens with zero attached hydrogens (tertiary/aromatic N) is 1. The number of hydrogen-bond donors (Lipinski definition) is 0. The Kier molecular flexibility index (Phi) is 3.21. The van der Waals surface area contributed by atoms with Gasteiger partial charge in [0.2, 0.25) is 0 Å². The first-order chi connectivity index (χ1) is 7.53. The topological polar surface area (TPSA) is 63.7 Å². The second kappa shape index (κ2) is 4.33. The Balaban J connectivity index is 2.02. The molecule has 0 aromatic carbocycles. The van der Waals surface area contributed by atoms with E-state index in [2.05, 4.69) is 0 Å². The van der Waals surface area contributed by atoms with Crippen LogP contribution in [0, 0.1) is 5.92 Å². The predicted octanol–water partition coefficient (Wildman–Crippen LogP) is -0.332. The third-order valence-corrected chi connectivity index (χ3v) is 4.89. The molecule has 16 heavy (non-hydrogen) atoms. The fourth-order valence-corrected chi connectivity index (χ4v) is 3.41. The molecule has 1 aliphatic heterocycles. The highest BCUT2D eigenvalue weighted by atomic mass is 32.2. The lowest BCUT2D eigenvalue weighted by Crippen LogP contribution is -2.50. The number of ether oxygens (including phenoxy) is 1. The van der Waals surface area contributed by atoms with Crippen molar-refractivity contribution in [2.75, 3.05) is 31.7 Å². The average Bonchev–Trinajstić information content (AvgIpc) is 3.05. The van der Waals surface area contributed by atoms with E-state index in [1.54, 1.807) is 0 Å². The molecule has 6 heteroatoms. The lowest BCUT2D eigenvalue weighted by molar-refractivity contribution is -0.147. The molecule has 0 amide bonds. The summed E-state index contributed by atoms with van der Waals surface area (Å²) in [6.45, 7) is 0.914. The maximum atomic E-state index is 11.6. The van der Waals surface area contributed by atoms with E-state index in [0.29, 0.717) is 19.0 Å². The molecule has 0 radical (unpaired) electrons. The van der Waals surface area contributed by atoms with E-state index in [1.165, 1.54) is 7.11 Å². The third-order valence-electron chi connectivity index (χ3n) is 3.28. The van der Waals surface area contributed by atoms with Crippen LogP contribution >= 0.6 is 0 Å². The van der Waals surface area contributed by atoms with Gasteiger partial charge in [-0.05, 0) is 18.8 Å². The number of carbonyl (C=O) groups excluding carboxylic acids is 1. The number of rotatable bonds is 3. The third kappa shape index (κ3) is 2.55. The molecule has 2 aliphatic rings. The maximum absolute atomic E-state index is 11.6. The van der Waals surface area contributed by atoms with Gasteiger partial charge in [-0.15, -0.1) is 0 Å². The molecule has 0 bridgehead atoms. The summed E-state index contributed by atoms with van der Waals surface area (Å²) in [5.41, 5.74) is 0. The molecule has 5 nitrogen and oxygen atoms in total. The Morgan fingerprint density at radius 1 is 1.31 bits per heavy atom. The molecule has 0 aromatic rings. The summed E-state index contributed by atoms with van der Waals surface area (Å²) in [4.78, 5) is 13.6. The summed E-state index contributed by atoms with van der Waals surface area (Å²) in [6, 6.07) is -0.222. The van der Waals surface area contributed by atoms with Gasteiger partial charge in [-0.3, -0.25) is 9.69 Å². The summed E-state index contributed by atoms with van der Waals surface area (Å²) >= 11 is 0. The Bertz CT molecular complexity index is 360. The first kappa shape index (κ1) is 11.9. The number of methoxy groups -OCH3 is 1. The Morgan fingerprint density at radius 3 is 2.31 bits per heavy atom. The van der Waals surface area contributed by atoms with Crippen LogP contribution in [0.3, 0.4) is 0 Å². The molecule has 1 atom stereocenters. The highest BCUT2D eigenvalue weighted by molar-refractivity contribution is 7.91. The van der Waals surface area contributed by atoms with Crippen LogP contribution in [0.1, 0.15) is 12.8 Å². The van der Waals surface area contributed by atoms with Gasteiger partial charge >= 0.3 is 5.97 Å². The van der Waals surface area contributed by atoms with Gasteiger partial charge in [-0.1, -0.05) is 0 Å². The molecule has 1 unspecified atom stereocenters. The number of sulfone groups is 1. The molecule has 92 valence electrons. The number of carbonyl (C=O) groups is 1. The van der Waals surface area contributed by atoms with Crippen LogP contribution in [-0.2, 0) is 19.4 Å². The minimum absolute atomic E-state index is 0.160. The van der Waals surface area contributed by atoms with Gasteiger partial charge in [-0.2, -0.15) is 0 Å². The molecule has 2 rings (SSSR count). The van der Waals surface area contributed by atoms with Crippen LogP contribution in [0.15, 0.2) is 0 Å². The van der Waals surface area contributed by atoms with E-state index in [0.717, 1.165) is 12.8 Å². The summed E-state index contributed by atoms with van der Waals surface area (Å²) in [6.07, 6.45) is 2.09. The van der Waals surface area contributed by atoms with Gasteiger partial charge < -0.3 is 4.74 Å². The van der Waals surface area contributed by atoms with Gasteiger partial charge in [0.05, 0.1) is 18.6 Å². The average molecular weight is 247 g/mol. The van der Waals surface area contributed by atoms with Crippen LogP contribution in [0.4, 0.5) is 0 Å². The Morgan fingerprint density at radius 2 is 1.88 bits per heavy atom. The van der Waals surface area contributed by atoms with E-state index in [1.807, 2.05) is 4.90 Å². The van der Waals surface area contributed by atoms with Crippen molar-refractivity contribution in [1.82, 2.24) is 4.90 Å². The van der Waals surface area contributed by atoms with Crippen LogP contribution in [0.2, 0.25) is 0 Å². The van der Waals surface area contributed by atoms with Crippen molar-refractivity contribution in [3.8, 4) is 0 Å². The minimum Gasteiger partial charge on any atom is -0.468 e. The van der Waals surface area contributed by atoms with Gasteiger partial charge in [0, 0.05) is 13.1 Å². The summed E-state index contributed by atoms with van der Waals surface area (Å²) in [5.74, 6) is 0.468. The van der Waals surface area contributed by atoms with E-state index in [9.17, 15) is 13.2 Å².